The normalized spacial score (nSPS) is 19.2. The van der Waals surface area contributed by atoms with Crippen molar-refractivity contribution in [2.24, 2.45) is 5.92 Å². The van der Waals surface area contributed by atoms with E-state index in [1.54, 1.807) is 0 Å². The molecule has 3 nitrogen and oxygen atoms in total. The molecule has 0 spiro atoms. The van der Waals surface area contributed by atoms with Crippen LogP contribution in [-0.4, -0.2) is 37.5 Å². The van der Waals surface area contributed by atoms with Crippen molar-refractivity contribution in [2.45, 2.75) is 12.8 Å². The Morgan fingerprint density at radius 2 is 2.39 bits per heavy atom. The number of halogens is 1. The lowest BCUT2D eigenvalue weighted by atomic mass is 10.1. The third-order valence-corrected chi connectivity index (χ3v) is 3.61. The summed E-state index contributed by atoms with van der Waals surface area (Å²) in [7, 11) is 1.95. The molecule has 0 radical (unpaired) electrons. The minimum Gasteiger partial charge on any atom is -0.342 e. The Labute approximate surface area is 113 Å². The molecule has 0 saturated carbocycles. The first-order valence-corrected chi connectivity index (χ1v) is 6.73. The third kappa shape index (κ3) is 3.47. The summed E-state index contributed by atoms with van der Waals surface area (Å²) in [5.74, 6) is 0.800. The van der Waals surface area contributed by atoms with Gasteiger partial charge in [0.05, 0.1) is 6.42 Å². The number of nitrogens with zero attached hydrogens (tertiary/aromatic N) is 1. The van der Waals surface area contributed by atoms with Gasteiger partial charge in [-0.25, -0.2) is 0 Å². The van der Waals surface area contributed by atoms with E-state index >= 15 is 0 Å². The number of likely N-dealkylation sites (tertiary alicyclic amines) is 1. The van der Waals surface area contributed by atoms with Gasteiger partial charge in [0, 0.05) is 18.1 Å². The Balaban J connectivity index is 1.89. The highest BCUT2D eigenvalue weighted by Gasteiger charge is 2.25. The Morgan fingerprint density at radius 3 is 3.11 bits per heavy atom. The number of carbonyl (C=O) groups excluding carboxylic acids is 1. The van der Waals surface area contributed by atoms with Crippen LogP contribution in [0.5, 0.6) is 0 Å². The van der Waals surface area contributed by atoms with E-state index in [1.165, 1.54) is 0 Å². The van der Waals surface area contributed by atoms with Crippen molar-refractivity contribution in [3.8, 4) is 0 Å². The second kappa shape index (κ2) is 6.21. The quantitative estimate of drug-likeness (QED) is 0.904. The predicted molar refractivity (Wildman–Crippen MR) is 73.8 cm³/mol. The van der Waals surface area contributed by atoms with Gasteiger partial charge in [0.25, 0.3) is 0 Å². The molecule has 1 aromatic carbocycles. The maximum atomic E-state index is 12.1. The van der Waals surface area contributed by atoms with Crippen molar-refractivity contribution in [2.75, 3.05) is 26.7 Å². The van der Waals surface area contributed by atoms with Gasteiger partial charge in [-0.2, -0.15) is 0 Å². The van der Waals surface area contributed by atoms with Crippen LogP contribution < -0.4 is 5.32 Å². The number of carbonyl (C=O) groups is 1. The number of hydrogen-bond acceptors (Lipinski definition) is 2. The highest BCUT2D eigenvalue weighted by molar-refractivity contribution is 6.30. The van der Waals surface area contributed by atoms with E-state index in [0.717, 1.165) is 31.6 Å². The molecule has 98 valence electrons. The van der Waals surface area contributed by atoms with Crippen molar-refractivity contribution in [1.82, 2.24) is 10.2 Å². The van der Waals surface area contributed by atoms with Gasteiger partial charge in [0.1, 0.15) is 0 Å². The second-order valence-electron chi connectivity index (χ2n) is 4.86. The summed E-state index contributed by atoms with van der Waals surface area (Å²) < 4.78 is 0. The molecule has 1 saturated heterocycles. The molecule has 4 heteroatoms. The first kappa shape index (κ1) is 13.4. The Hall–Kier alpha value is -1.06. The molecule has 0 aromatic heterocycles. The molecule has 1 atom stereocenters. The number of hydrogen-bond donors (Lipinski definition) is 1. The lowest BCUT2D eigenvalue weighted by Crippen LogP contribution is -2.31. The van der Waals surface area contributed by atoms with Gasteiger partial charge in [-0.15, -0.1) is 0 Å². The van der Waals surface area contributed by atoms with E-state index in [0.29, 0.717) is 17.4 Å². The predicted octanol–water partition coefficient (Wildman–Crippen LogP) is 1.95. The minimum atomic E-state index is 0.205. The number of amides is 1. The highest BCUT2D eigenvalue weighted by Crippen LogP contribution is 2.17. The van der Waals surface area contributed by atoms with Crippen LogP contribution in [0.1, 0.15) is 12.0 Å². The fourth-order valence-corrected chi connectivity index (χ4v) is 2.66. The van der Waals surface area contributed by atoms with E-state index in [-0.39, 0.29) is 5.91 Å². The van der Waals surface area contributed by atoms with Crippen molar-refractivity contribution in [3.63, 3.8) is 0 Å². The first-order valence-electron chi connectivity index (χ1n) is 6.36. The molecule has 1 aliphatic heterocycles. The van der Waals surface area contributed by atoms with Crippen LogP contribution >= 0.6 is 11.6 Å². The van der Waals surface area contributed by atoms with Crippen LogP contribution in [0.25, 0.3) is 0 Å². The Kier molecular flexibility index (Phi) is 4.61. The molecule has 1 fully saturated rings. The van der Waals surface area contributed by atoms with E-state index in [9.17, 15) is 4.79 Å². The third-order valence-electron chi connectivity index (χ3n) is 3.38. The van der Waals surface area contributed by atoms with Crippen LogP contribution in [0, 0.1) is 5.92 Å². The van der Waals surface area contributed by atoms with Crippen molar-refractivity contribution < 1.29 is 4.79 Å². The smallest absolute Gasteiger partial charge is 0.227 e. The lowest BCUT2D eigenvalue weighted by molar-refractivity contribution is -0.129. The van der Waals surface area contributed by atoms with Gasteiger partial charge in [0.2, 0.25) is 5.91 Å². The number of nitrogens with one attached hydrogen (secondary N) is 1. The summed E-state index contributed by atoms with van der Waals surface area (Å²) in [4.78, 5) is 14.1. The molecule has 0 aliphatic carbocycles. The van der Waals surface area contributed by atoms with Crippen molar-refractivity contribution >= 4 is 17.5 Å². The average molecular weight is 267 g/mol. The zero-order valence-electron chi connectivity index (χ0n) is 10.7. The first-order chi connectivity index (χ1) is 8.69. The van der Waals surface area contributed by atoms with E-state index in [4.69, 9.17) is 11.6 Å². The zero-order valence-corrected chi connectivity index (χ0v) is 11.4. The van der Waals surface area contributed by atoms with Gasteiger partial charge >= 0.3 is 0 Å². The van der Waals surface area contributed by atoms with E-state index < -0.39 is 0 Å². The maximum Gasteiger partial charge on any atom is 0.227 e. The lowest BCUT2D eigenvalue weighted by Gasteiger charge is -2.16. The largest absolute Gasteiger partial charge is 0.342 e. The van der Waals surface area contributed by atoms with Crippen LogP contribution in [0.4, 0.5) is 0 Å². The van der Waals surface area contributed by atoms with Crippen LogP contribution in [0.2, 0.25) is 5.02 Å². The SMILES string of the molecule is CNC[C@@H]1CCN(C(=O)Cc2cccc(Cl)c2)C1. The van der Waals surface area contributed by atoms with Gasteiger partial charge < -0.3 is 10.2 Å². The van der Waals surface area contributed by atoms with Crippen LogP contribution in [0.15, 0.2) is 24.3 Å². The summed E-state index contributed by atoms with van der Waals surface area (Å²) in [5.41, 5.74) is 0.990. The molecule has 1 N–H and O–H groups in total. The van der Waals surface area contributed by atoms with Crippen molar-refractivity contribution in [1.29, 1.82) is 0 Å². The topological polar surface area (TPSA) is 32.3 Å². The molecule has 18 heavy (non-hydrogen) atoms. The standard InChI is InChI=1S/C14H19ClN2O/c1-16-9-12-5-6-17(10-12)14(18)8-11-3-2-4-13(15)7-11/h2-4,7,12,16H,5-6,8-10H2,1H3/t12-/m0/s1. The second-order valence-corrected chi connectivity index (χ2v) is 5.30. The van der Waals surface area contributed by atoms with Crippen molar-refractivity contribution in [3.05, 3.63) is 34.9 Å². The molecule has 0 unspecified atom stereocenters. The van der Waals surface area contributed by atoms with Gasteiger partial charge in [-0.1, -0.05) is 23.7 Å². The number of rotatable bonds is 4. The molecule has 1 aromatic rings. The molecule has 2 rings (SSSR count). The van der Waals surface area contributed by atoms with Gasteiger partial charge in [-0.3, -0.25) is 4.79 Å². The Bertz CT molecular complexity index is 422. The fourth-order valence-electron chi connectivity index (χ4n) is 2.45. The average Bonchev–Trinajstić information content (AvgIpc) is 2.78. The summed E-state index contributed by atoms with van der Waals surface area (Å²) in [6.07, 6.45) is 1.55. The summed E-state index contributed by atoms with van der Waals surface area (Å²) in [6, 6.07) is 7.53. The number of benzene rings is 1. The molecule has 1 heterocycles. The molecular formula is C14H19ClN2O. The molecular weight excluding hydrogens is 248 g/mol. The highest BCUT2D eigenvalue weighted by atomic mass is 35.5. The van der Waals surface area contributed by atoms with Crippen LogP contribution in [0.3, 0.4) is 0 Å². The monoisotopic (exact) mass is 266 g/mol. The minimum absolute atomic E-state index is 0.205. The summed E-state index contributed by atoms with van der Waals surface area (Å²) >= 11 is 5.92. The van der Waals surface area contributed by atoms with E-state index in [1.807, 2.05) is 36.2 Å². The summed E-state index contributed by atoms with van der Waals surface area (Å²) in [5, 5.41) is 3.86. The van der Waals surface area contributed by atoms with Gasteiger partial charge in [0.15, 0.2) is 0 Å². The van der Waals surface area contributed by atoms with Crippen LogP contribution in [-0.2, 0) is 11.2 Å². The Morgan fingerprint density at radius 1 is 1.56 bits per heavy atom. The summed E-state index contributed by atoms with van der Waals surface area (Å²) in [6.45, 7) is 2.74. The molecule has 1 aliphatic rings. The zero-order chi connectivity index (χ0) is 13.0. The maximum absolute atomic E-state index is 12.1. The molecule has 0 bridgehead atoms. The fraction of sp³-hybridized carbons (Fsp3) is 0.500. The van der Waals surface area contributed by atoms with E-state index in [2.05, 4.69) is 5.32 Å². The molecule has 1 amide bonds. The van der Waals surface area contributed by atoms with Gasteiger partial charge in [-0.05, 0) is 43.6 Å².